The van der Waals surface area contributed by atoms with Gasteiger partial charge in [0.2, 0.25) is 0 Å². The number of fused-ring (bicyclic) bond motifs is 1. The molecule has 16 heavy (non-hydrogen) atoms. The predicted molar refractivity (Wildman–Crippen MR) is 65.9 cm³/mol. The number of rotatable bonds is 3. The Kier molecular flexibility index (Phi) is 4.04. The van der Waals surface area contributed by atoms with E-state index in [9.17, 15) is 0 Å². The largest absolute Gasteiger partial charge is 0.492 e. The highest BCUT2D eigenvalue weighted by atomic mass is 35.5. The second kappa shape index (κ2) is 5.53. The minimum atomic E-state index is 0.720. The maximum Gasteiger partial charge on any atom is 0.125 e. The molecule has 0 saturated heterocycles. The Morgan fingerprint density at radius 2 is 2.31 bits per heavy atom. The molecule has 2 rings (SSSR count). The number of ether oxygens (including phenoxy) is 1. The molecule has 0 saturated carbocycles. The number of hydrogen-bond donors (Lipinski definition) is 1. The number of halogens is 1. The molecule has 0 aromatic heterocycles. The number of nitrogens with two attached hydrogens (primary N) is 1. The lowest BCUT2D eigenvalue weighted by Crippen LogP contribution is -2.28. The molecule has 4 heteroatoms. The summed E-state index contributed by atoms with van der Waals surface area (Å²) in [7, 11) is 0. The van der Waals surface area contributed by atoms with Crippen LogP contribution in [0.2, 0.25) is 5.02 Å². The Labute approximate surface area is 101 Å². The van der Waals surface area contributed by atoms with Gasteiger partial charge in [0.05, 0.1) is 0 Å². The summed E-state index contributed by atoms with van der Waals surface area (Å²) in [6.45, 7) is 4.36. The van der Waals surface area contributed by atoms with E-state index in [-0.39, 0.29) is 0 Å². The van der Waals surface area contributed by atoms with Crippen molar-refractivity contribution in [2.45, 2.75) is 13.0 Å². The maximum absolute atomic E-state index is 5.94. The van der Waals surface area contributed by atoms with E-state index in [4.69, 9.17) is 22.1 Å². The maximum atomic E-state index is 5.94. The van der Waals surface area contributed by atoms with Crippen LogP contribution >= 0.6 is 11.6 Å². The standard InChI is InChI=1S/C12H17ClN2O/c13-11-3-2-10-9-15(5-1-4-14)6-7-16-12(10)8-11/h2-3,8H,1,4-7,9,14H2. The number of nitrogens with zero attached hydrogens (tertiary/aromatic N) is 1. The van der Waals surface area contributed by atoms with E-state index in [2.05, 4.69) is 4.90 Å². The van der Waals surface area contributed by atoms with Crippen LogP contribution in [0.1, 0.15) is 12.0 Å². The molecule has 1 aromatic rings. The zero-order chi connectivity index (χ0) is 11.4. The fourth-order valence-corrected chi connectivity index (χ4v) is 2.07. The van der Waals surface area contributed by atoms with Crippen molar-refractivity contribution in [2.75, 3.05) is 26.2 Å². The summed E-state index contributed by atoms with van der Waals surface area (Å²) in [5.74, 6) is 0.919. The summed E-state index contributed by atoms with van der Waals surface area (Å²) in [4.78, 5) is 2.37. The zero-order valence-corrected chi connectivity index (χ0v) is 10.0. The molecular weight excluding hydrogens is 224 g/mol. The van der Waals surface area contributed by atoms with E-state index in [1.54, 1.807) is 0 Å². The lowest BCUT2D eigenvalue weighted by molar-refractivity contribution is 0.225. The highest BCUT2D eigenvalue weighted by molar-refractivity contribution is 6.30. The normalized spacial score (nSPS) is 16.4. The molecule has 1 aliphatic heterocycles. The predicted octanol–water partition coefficient (Wildman–Crippen LogP) is 1.88. The first-order chi connectivity index (χ1) is 7.79. The van der Waals surface area contributed by atoms with Crippen LogP contribution in [0.3, 0.4) is 0 Å². The summed E-state index contributed by atoms with van der Waals surface area (Å²) in [6.07, 6.45) is 1.03. The van der Waals surface area contributed by atoms with E-state index < -0.39 is 0 Å². The van der Waals surface area contributed by atoms with E-state index >= 15 is 0 Å². The van der Waals surface area contributed by atoms with Crippen molar-refractivity contribution in [2.24, 2.45) is 5.73 Å². The van der Waals surface area contributed by atoms with Gasteiger partial charge in [0.1, 0.15) is 12.4 Å². The highest BCUT2D eigenvalue weighted by Gasteiger charge is 2.14. The fourth-order valence-electron chi connectivity index (χ4n) is 1.90. The first kappa shape index (κ1) is 11.7. The molecule has 1 heterocycles. The van der Waals surface area contributed by atoms with E-state index in [1.165, 1.54) is 5.56 Å². The number of benzene rings is 1. The van der Waals surface area contributed by atoms with Gasteiger partial charge in [-0.05, 0) is 31.6 Å². The molecule has 0 aliphatic carbocycles. The third-order valence-corrected chi connectivity index (χ3v) is 3.00. The molecule has 0 radical (unpaired) electrons. The third-order valence-electron chi connectivity index (χ3n) is 2.77. The molecule has 0 amide bonds. The van der Waals surface area contributed by atoms with Gasteiger partial charge in [-0.1, -0.05) is 17.7 Å². The molecule has 0 atom stereocenters. The summed E-state index contributed by atoms with van der Waals surface area (Å²) in [6, 6.07) is 5.85. The lowest BCUT2D eigenvalue weighted by atomic mass is 10.2. The van der Waals surface area contributed by atoms with Crippen LogP contribution in [0.4, 0.5) is 0 Å². The smallest absolute Gasteiger partial charge is 0.125 e. The molecule has 88 valence electrons. The van der Waals surface area contributed by atoms with Crippen LogP contribution < -0.4 is 10.5 Å². The molecular formula is C12H17ClN2O. The quantitative estimate of drug-likeness (QED) is 0.877. The van der Waals surface area contributed by atoms with Gasteiger partial charge in [-0.3, -0.25) is 4.90 Å². The number of hydrogen-bond acceptors (Lipinski definition) is 3. The van der Waals surface area contributed by atoms with Crippen molar-refractivity contribution in [1.29, 1.82) is 0 Å². The molecule has 2 N–H and O–H groups in total. The van der Waals surface area contributed by atoms with Gasteiger partial charge < -0.3 is 10.5 Å². The van der Waals surface area contributed by atoms with Crippen molar-refractivity contribution >= 4 is 11.6 Å². The van der Waals surface area contributed by atoms with E-state index in [0.29, 0.717) is 0 Å². The van der Waals surface area contributed by atoms with Gasteiger partial charge in [-0.15, -0.1) is 0 Å². The van der Waals surface area contributed by atoms with Gasteiger partial charge in [-0.2, -0.15) is 0 Å². The summed E-state index contributed by atoms with van der Waals surface area (Å²) < 4.78 is 5.68. The first-order valence-electron chi connectivity index (χ1n) is 5.63. The topological polar surface area (TPSA) is 38.5 Å². The summed E-state index contributed by atoms with van der Waals surface area (Å²) in [5.41, 5.74) is 6.73. The molecule has 0 spiro atoms. The second-order valence-electron chi connectivity index (χ2n) is 4.02. The Morgan fingerprint density at radius 1 is 1.44 bits per heavy atom. The molecule has 1 aromatic carbocycles. The van der Waals surface area contributed by atoms with Crippen molar-refractivity contribution in [3.63, 3.8) is 0 Å². The Hall–Kier alpha value is -0.770. The van der Waals surface area contributed by atoms with Crippen LogP contribution in [-0.4, -0.2) is 31.1 Å². The Balaban J connectivity index is 2.08. The summed E-state index contributed by atoms with van der Waals surface area (Å²) >= 11 is 5.94. The molecule has 0 bridgehead atoms. The van der Waals surface area contributed by atoms with E-state index in [0.717, 1.165) is 50.0 Å². The molecule has 0 fully saturated rings. The van der Waals surface area contributed by atoms with Crippen LogP contribution in [0, 0.1) is 0 Å². The van der Waals surface area contributed by atoms with Crippen LogP contribution in [0.15, 0.2) is 18.2 Å². The van der Waals surface area contributed by atoms with Crippen molar-refractivity contribution in [1.82, 2.24) is 4.90 Å². The minimum Gasteiger partial charge on any atom is -0.492 e. The van der Waals surface area contributed by atoms with Crippen LogP contribution in [0.5, 0.6) is 5.75 Å². The van der Waals surface area contributed by atoms with Gasteiger partial charge in [0, 0.05) is 23.7 Å². The monoisotopic (exact) mass is 240 g/mol. The van der Waals surface area contributed by atoms with Gasteiger partial charge in [-0.25, -0.2) is 0 Å². The SMILES string of the molecule is NCCCN1CCOc2cc(Cl)ccc2C1. The Bertz CT molecular complexity index is 357. The van der Waals surface area contributed by atoms with Crippen LogP contribution in [0.25, 0.3) is 0 Å². The average Bonchev–Trinajstić information content (AvgIpc) is 2.47. The minimum absolute atomic E-state index is 0.720. The third kappa shape index (κ3) is 2.88. The molecule has 3 nitrogen and oxygen atoms in total. The highest BCUT2D eigenvalue weighted by Crippen LogP contribution is 2.26. The van der Waals surface area contributed by atoms with Crippen molar-refractivity contribution in [3.05, 3.63) is 28.8 Å². The Morgan fingerprint density at radius 3 is 3.12 bits per heavy atom. The van der Waals surface area contributed by atoms with Gasteiger partial charge in [0.25, 0.3) is 0 Å². The summed E-state index contributed by atoms with van der Waals surface area (Å²) in [5, 5.41) is 0.731. The van der Waals surface area contributed by atoms with E-state index in [1.807, 2.05) is 18.2 Å². The van der Waals surface area contributed by atoms with Crippen molar-refractivity contribution < 1.29 is 4.74 Å². The second-order valence-corrected chi connectivity index (χ2v) is 4.46. The first-order valence-corrected chi connectivity index (χ1v) is 6.01. The van der Waals surface area contributed by atoms with Gasteiger partial charge in [0.15, 0.2) is 0 Å². The zero-order valence-electron chi connectivity index (χ0n) is 9.29. The molecule has 0 unspecified atom stereocenters. The van der Waals surface area contributed by atoms with Gasteiger partial charge >= 0.3 is 0 Å². The van der Waals surface area contributed by atoms with Crippen LogP contribution in [-0.2, 0) is 6.54 Å². The fraction of sp³-hybridized carbons (Fsp3) is 0.500. The lowest BCUT2D eigenvalue weighted by Gasteiger charge is -2.18. The average molecular weight is 241 g/mol. The molecule has 1 aliphatic rings. The van der Waals surface area contributed by atoms with Crippen molar-refractivity contribution in [3.8, 4) is 5.75 Å².